The molecule has 0 radical (unpaired) electrons. The molecule has 2 saturated heterocycles. The van der Waals surface area contributed by atoms with Crippen LogP contribution < -0.4 is 20.4 Å². The summed E-state index contributed by atoms with van der Waals surface area (Å²) in [4.78, 5) is 14.4. The molecule has 2 N–H and O–H groups in total. The molecular formula is C23H32N6S. The highest BCUT2D eigenvalue weighted by Gasteiger charge is 2.23. The number of thiocarbonyl (C=S) groups is 1. The van der Waals surface area contributed by atoms with Crippen LogP contribution in [0.15, 0.2) is 36.4 Å². The van der Waals surface area contributed by atoms with Crippen LogP contribution in [0.25, 0.3) is 0 Å². The molecule has 0 unspecified atom stereocenters. The quantitative estimate of drug-likeness (QED) is 0.685. The molecule has 1 aromatic carbocycles. The minimum Gasteiger partial charge on any atom is -0.356 e. The second-order valence-corrected chi connectivity index (χ2v) is 8.78. The second kappa shape index (κ2) is 9.60. The van der Waals surface area contributed by atoms with Crippen LogP contribution in [0.3, 0.4) is 0 Å². The van der Waals surface area contributed by atoms with Gasteiger partial charge in [-0.1, -0.05) is 30.3 Å². The highest BCUT2D eigenvalue weighted by molar-refractivity contribution is 7.80. The van der Waals surface area contributed by atoms with E-state index in [2.05, 4.69) is 52.5 Å². The van der Waals surface area contributed by atoms with E-state index in [9.17, 15) is 0 Å². The molecule has 2 atom stereocenters. The highest BCUT2D eigenvalue weighted by atomic mass is 32.1. The first-order chi connectivity index (χ1) is 14.6. The van der Waals surface area contributed by atoms with E-state index in [-0.39, 0.29) is 6.04 Å². The van der Waals surface area contributed by atoms with Gasteiger partial charge < -0.3 is 20.4 Å². The number of hydrogen-bond acceptors (Lipinski definition) is 5. The van der Waals surface area contributed by atoms with Crippen molar-refractivity contribution in [1.29, 1.82) is 0 Å². The third kappa shape index (κ3) is 5.01. The number of nitrogens with zero attached hydrogens (tertiary/aromatic N) is 4. The van der Waals surface area contributed by atoms with E-state index in [1.807, 2.05) is 18.2 Å². The van der Waals surface area contributed by atoms with Crippen LogP contribution in [-0.4, -0.2) is 40.8 Å². The molecule has 2 aliphatic heterocycles. The summed E-state index contributed by atoms with van der Waals surface area (Å²) in [5.74, 6) is 2.57. The number of aromatic nitrogens is 2. The number of benzene rings is 1. The molecule has 0 aliphatic carbocycles. The predicted molar refractivity (Wildman–Crippen MR) is 128 cm³/mol. The van der Waals surface area contributed by atoms with Crippen molar-refractivity contribution >= 4 is 34.9 Å². The van der Waals surface area contributed by atoms with Crippen LogP contribution in [0.1, 0.15) is 57.6 Å². The molecule has 6 nitrogen and oxygen atoms in total. The van der Waals surface area contributed by atoms with Crippen molar-refractivity contribution in [3.8, 4) is 0 Å². The Hall–Kier alpha value is -2.41. The fourth-order valence-corrected chi connectivity index (χ4v) is 4.60. The Morgan fingerprint density at radius 2 is 1.73 bits per heavy atom. The Bertz CT molecular complexity index is 852. The molecule has 0 amide bonds. The smallest absolute Gasteiger partial charge is 0.232 e. The maximum Gasteiger partial charge on any atom is 0.232 e. The zero-order chi connectivity index (χ0) is 20.9. The third-order valence-corrected chi connectivity index (χ3v) is 6.32. The fraction of sp³-hybridized carbons (Fsp3) is 0.522. The van der Waals surface area contributed by atoms with E-state index in [1.54, 1.807) is 0 Å². The summed E-state index contributed by atoms with van der Waals surface area (Å²) in [6.07, 6.45) is 6.15. The van der Waals surface area contributed by atoms with Gasteiger partial charge in [0.1, 0.15) is 11.6 Å². The molecule has 0 spiro atoms. The van der Waals surface area contributed by atoms with Crippen molar-refractivity contribution in [2.24, 2.45) is 0 Å². The Kier molecular flexibility index (Phi) is 6.67. The molecular weight excluding hydrogens is 392 g/mol. The molecule has 1 aromatic heterocycles. The summed E-state index contributed by atoms with van der Waals surface area (Å²) in [7, 11) is 0. The summed E-state index contributed by atoms with van der Waals surface area (Å²) < 4.78 is 0. The monoisotopic (exact) mass is 424 g/mol. The molecule has 4 rings (SSSR count). The summed E-state index contributed by atoms with van der Waals surface area (Å²) in [5, 5.41) is 7.14. The summed E-state index contributed by atoms with van der Waals surface area (Å²) in [6.45, 7) is 7.55. The topological polar surface area (TPSA) is 56.3 Å². The Morgan fingerprint density at radius 3 is 2.47 bits per heavy atom. The molecule has 160 valence electrons. The van der Waals surface area contributed by atoms with Crippen LogP contribution in [0.2, 0.25) is 0 Å². The van der Waals surface area contributed by atoms with Gasteiger partial charge in [-0.05, 0) is 63.7 Å². The predicted octanol–water partition coefficient (Wildman–Crippen LogP) is 4.50. The van der Waals surface area contributed by atoms with Gasteiger partial charge in [-0.2, -0.15) is 9.97 Å². The minimum atomic E-state index is 0.106. The Morgan fingerprint density at radius 1 is 1.03 bits per heavy atom. The number of piperidine rings is 1. The van der Waals surface area contributed by atoms with Crippen molar-refractivity contribution in [2.75, 3.05) is 34.8 Å². The molecule has 3 heterocycles. The number of hydrogen-bond donors (Lipinski definition) is 2. The van der Waals surface area contributed by atoms with Gasteiger partial charge in [0.05, 0.1) is 6.04 Å². The normalized spacial score (nSPS) is 20.1. The van der Waals surface area contributed by atoms with Crippen molar-refractivity contribution in [2.45, 2.75) is 58.0 Å². The molecule has 2 aromatic rings. The largest absolute Gasteiger partial charge is 0.356 e. The van der Waals surface area contributed by atoms with E-state index in [0.717, 1.165) is 31.3 Å². The molecule has 7 heteroatoms. The number of rotatable bonds is 5. The number of anilines is 3. The summed E-state index contributed by atoms with van der Waals surface area (Å²) in [5.41, 5.74) is 1.19. The minimum absolute atomic E-state index is 0.106. The van der Waals surface area contributed by atoms with Gasteiger partial charge >= 0.3 is 0 Å². The lowest BCUT2D eigenvalue weighted by Gasteiger charge is -2.35. The van der Waals surface area contributed by atoms with Gasteiger partial charge in [0.2, 0.25) is 5.95 Å². The molecule has 30 heavy (non-hydrogen) atoms. The second-order valence-electron chi connectivity index (χ2n) is 8.37. The average molecular weight is 425 g/mol. The van der Waals surface area contributed by atoms with Gasteiger partial charge in [0.15, 0.2) is 5.11 Å². The first kappa shape index (κ1) is 20.8. The highest BCUT2D eigenvalue weighted by Crippen LogP contribution is 2.28. The van der Waals surface area contributed by atoms with Crippen LogP contribution in [0, 0.1) is 0 Å². The van der Waals surface area contributed by atoms with E-state index < -0.39 is 0 Å². The maximum atomic E-state index is 5.58. The Balaban J connectivity index is 1.53. The van der Waals surface area contributed by atoms with Gasteiger partial charge in [-0.3, -0.25) is 0 Å². The third-order valence-electron chi connectivity index (χ3n) is 6.10. The molecule has 2 aliphatic rings. The van der Waals surface area contributed by atoms with Crippen molar-refractivity contribution in [1.82, 2.24) is 15.3 Å². The zero-order valence-corrected chi connectivity index (χ0v) is 18.8. The van der Waals surface area contributed by atoms with Crippen molar-refractivity contribution < 1.29 is 0 Å². The SMILES string of the molecule is C[C@H](NC(=S)Nc1nc(N2CCCC2)cc(N2CCCC[C@@H]2C)n1)c1ccccc1. The van der Waals surface area contributed by atoms with Crippen LogP contribution in [0.4, 0.5) is 17.6 Å². The van der Waals surface area contributed by atoms with Gasteiger partial charge in [-0.15, -0.1) is 0 Å². The van der Waals surface area contributed by atoms with Crippen LogP contribution in [0.5, 0.6) is 0 Å². The zero-order valence-electron chi connectivity index (χ0n) is 18.0. The van der Waals surface area contributed by atoms with Gasteiger partial charge in [-0.25, -0.2) is 0 Å². The van der Waals surface area contributed by atoms with Crippen molar-refractivity contribution in [3.05, 3.63) is 42.0 Å². The average Bonchev–Trinajstić information content (AvgIpc) is 3.29. The molecule has 0 saturated carbocycles. The first-order valence-electron chi connectivity index (χ1n) is 11.1. The molecule has 0 bridgehead atoms. The maximum absolute atomic E-state index is 5.58. The van der Waals surface area contributed by atoms with Crippen LogP contribution >= 0.6 is 12.2 Å². The lowest BCUT2D eigenvalue weighted by atomic mass is 10.0. The number of nitrogens with one attached hydrogen (secondary N) is 2. The fourth-order valence-electron chi connectivity index (χ4n) is 4.33. The molecule has 2 fully saturated rings. The first-order valence-corrected chi connectivity index (χ1v) is 11.5. The van der Waals surface area contributed by atoms with E-state index in [0.29, 0.717) is 17.1 Å². The van der Waals surface area contributed by atoms with Gasteiger partial charge in [0.25, 0.3) is 0 Å². The van der Waals surface area contributed by atoms with Gasteiger partial charge in [0, 0.05) is 31.7 Å². The van der Waals surface area contributed by atoms with E-state index >= 15 is 0 Å². The van der Waals surface area contributed by atoms with E-state index in [4.69, 9.17) is 22.2 Å². The standard InChI is InChI=1S/C23H32N6S/c1-17-10-6-7-15-29(17)21-16-20(28-13-8-9-14-28)25-22(26-21)27-23(30)24-18(2)19-11-4-3-5-12-19/h3-5,11-12,16-18H,6-10,13-15H2,1-2H3,(H2,24,25,26,27,30)/t17-,18-/m0/s1. The van der Waals surface area contributed by atoms with Crippen LogP contribution in [-0.2, 0) is 0 Å². The van der Waals surface area contributed by atoms with Crippen molar-refractivity contribution in [3.63, 3.8) is 0 Å². The summed E-state index contributed by atoms with van der Waals surface area (Å²) >= 11 is 5.58. The van der Waals surface area contributed by atoms with E-state index in [1.165, 1.54) is 37.7 Å². The lowest BCUT2D eigenvalue weighted by molar-refractivity contribution is 0.481. The lowest BCUT2D eigenvalue weighted by Crippen LogP contribution is -2.38. The Labute approximate surface area is 185 Å². The summed E-state index contributed by atoms with van der Waals surface area (Å²) in [6, 6.07) is 13.1.